The summed E-state index contributed by atoms with van der Waals surface area (Å²) < 4.78 is 25.3. The number of amides is 2. The van der Waals surface area contributed by atoms with Crippen molar-refractivity contribution >= 4 is 11.7 Å². The van der Waals surface area contributed by atoms with Gasteiger partial charge >= 0.3 is 6.03 Å². The molecule has 2 N–H and O–H groups in total. The van der Waals surface area contributed by atoms with Gasteiger partial charge in [0.25, 0.3) is 5.89 Å². The molecular formula is C36H48FN5O4. The average Bonchev–Trinajstić information content (AvgIpc) is 3.57. The predicted molar refractivity (Wildman–Crippen MR) is 175 cm³/mol. The van der Waals surface area contributed by atoms with Crippen molar-refractivity contribution in [1.82, 2.24) is 20.4 Å². The number of anilines is 1. The lowest BCUT2D eigenvalue weighted by molar-refractivity contribution is 0.0382. The number of carbonyl (C=O) groups is 1. The molecule has 3 aromatic rings. The van der Waals surface area contributed by atoms with Gasteiger partial charge in [-0.25, -0.2) is 9.18 Å². The molecule has 0 atom stereocenters. The highest BCUT2D eigenvalue weighted by Crippen LogP contribution is 2.57. The minimum atomic E-state index is -1.67. The van der Waals surface area contributed by atoms with Gasteiger partial charge in [-0.1, -0.05) is 41.6 Å². The fraction of sp³-hybridized carbons (Fsp3) is 0.583. The summed E-state index contributed by atoms with van der Waals surface area (Å²) >= 11 is 0. The second kappa shape index (κ2) is 12.7. The van der Waals surface area contributed by atoms with E-state index in [1.807, 2.05) is 41.3 Å². The van der Waals surface area contributed by atoms with E-state index in [0.717, 1.165) is 93.8 Å². The molecule has 4 fully saturated rings. The Balaban J connectivity index is 1.21. The van der Waals surface area contributed by atoms with Crippen LogP contribution in [0.25, 0.3) is 11.1 Å². The van der Waals surface area contributed by atoms with Gasteiger partial charge in [-0.2, -0.15) is 4.98 Å². The van der Waals surface area contributed by atoms with Crippen LogP contribution in [0.5, 0.6) is 0 Å². The smallest absolute Gasteiger partial charge is 0.321 e. The molecule has 1 aliphatic heterocycles. The Morgan fingerprint density at radius 2 is 1.67 bits per heavy atom. The van der Waals surface area contributed by atoms with Crippen molar-refractivity contribution in [3.05, 3.63) is 65.8 Å². The zero-order chi connectivity index (χ0) is 32.6. The van der Waals surface area contributed by atoms with E-state index < -0.39 is 11.3 Å². The summed E-state index contributed by atoms with van der Waals surface area (Å²) in [6.45, 7) is 11.6. The van der Waals surface area contributed by atoms with Gasteiger partial charge in [-0.15, -0.1) is 0 Å². The van der Waals surface area contributed by atoms with Gasteiger partial charge < -0.3 is 19.7 Å². The Hall–Kier alpha value is -3.34. The summed E-state index contributed by atoms with van der Waals surface area (Å²) in [5, 5.41) is 17.9. The normalized spacial score (nSPS) is 23.8. The summed E-state index contributed by atoms with van der Waals surface area (Å²) in [5.74, 6) is 0.663. The summed E-state index contributed by atoms with van der Waals surface area (Å²) in [4.78, 5) is 22.8. The largest absolute Gasteiger partial charge is 0.386 e. The lowest BCUT2D eigenvalue weighted by Crippen LogP contribution is -2.53. The van der Waals surface area contributed by atoms with Crippen LogP contribution in [0.15, 0.2) is 53.1 Å². The van der Waals surface area contributed by atoms with E-state index >= 15 is 0 Å². The number of benzene rings is 2. The molecule has 1 saturated heterocycles. The average molecular weight is 634 g/mol. The minimum Gasteiger partial charge on any atom is -0.386 e. The van der Waals surface area contributed by atoms with Crippen molar-refractivity contribution in [1.29, 1.82) is 0 Å². The van der Waals surface area contributed by atoms with Crippen LogP contribution >= 0.6 is 0 Å². The number of aliphatic hydroxyl groups is 1. The number of fused-ring (bicyclic) bond motifs is 3. The third-order valence-corrected chi connectivity index (χ3v) is 10.4. The van der Waals surface area contributed by atoms with Crippen LogP contribution in [0.3, 0.4) is 0 Å². The number of alkyl halides is 1. The fourth-order valence-corrected chi connectivity index (χ4v) is 7.30. The number of urea groups is 1. The van der Waals surface area contributed by atoms with Gasteiger partial charge in [-0.3, -0.25) is 9.80 Å². The van der Waals surface area contributed by atoms with E-state index in [0.29, 0.717) is 18.9 Å². The Bertz CT molecular complexity index is 1480. The zero-order valence-corrected chi connectivity index (χ0v) is 27.6. The lowest BCUT2D eigenvalue weighted by atomic mass is 9.53. The molecule has 2 aromatic carbocycles. The van der Waals surface area contributed by atoms with Crippen LogP contribution in [0, 0.1) is 5.41 Å². The van der Waals surface area contributed by atoms with Crippen molar-refractivity contribution in [2.45, 2.75) is 82.9 Å². The maximum atomic E-state index is 14.5. The van der Waals surface area contributed by atoms with Gasteiger partial charge in [0, 0.05) is 43.8 Å². The van der Waals surface area contributed by atoms with Gasteiger partial charge in [0.1, 0.15) is 0 Å². The van der Waals surface area contributed by atoms with E-state index in [1.165, 1.54) is 13.8 Å². The van der Waals surface area contributed by atoms with E-state index in [4.69, 9.17) is 9.26 Å². The van der Waals surface area contributed by atoms with E-state index in [2.05, 4.69) is 32.5 Å². The zero-order valence-electron chi connectivity index (χ0n) is 27.6. The maximum Gasteiger partial charge on any atom is 0.321 e. The quantitative estimate of drug-likeness (QED) is 0.270. The van der Waals surface area contributed by atoms with E-state index in [1.54, 1.807) is 13.8 Å². The molecule has 9 nitrogen and oxygen atoms in total. The highest BCUT2D eigenvalue weighted by Gasteiger charge is 2.52. The molecule has 248 valence electrons. The van der Waals surface area contributed by atoms with Crippen LogP contribution < -0.4 is 10.2 Å². The van der Waals surface area contributed by atoms with Crippen molar-refractivity contribution in [2.75, 3.05) is 50.8 Å². The number of hydrogen-bond acceptors (Lipinski definition) is 7. The van der Waals surface area contributed by atoms with Crippen LogP contribution in [-0.2, 0) is 21.4 Å². The Labute approximate surface area is 271 Å². The molecule has 46 heavy (non-hydrogen) atoms. The first-order valence-corrected chi connectivity index (χ1v) is 16.7. The van der Waals surface area contributed by atoms with Crippen molar-refractivity contribution < 1.29 is 23.6 Å². The SMILES string of the molecule is CC(C)(O)c1ccc(-c2cccc(N(CC34CCC(c5noc(C(C)(C)F)n5)(CC3)CC4)C(=O)NCCN3CCOCC3)c2)cc1. The van der Waals surface area contributed by atoms with Gasteiger partial charge in [-0.05, 0) is 100 Å². The molecule has 3 aliphatic carbocycles. The molecule has 7 rings (SSSR count). The van der Waals surface area contributed by atoms with Gasteiger partial charge in [0.05, 0.1) is 18.8 Å². The van der Waals surface area contributed by atoms with Crippen LogP contribution in [0.1, 0.15) is 83.5 Å². The number of halogens is 1. The molecule has 0 unspecified atom stereocenters. The number of rotatable bonds is 10. The number of nitrogens with zero attached hydrogens (tertiary/aromatic N) is 4. The van der Waals surface area contributed by atoms with Crippen molar-refractivity contribution in [2.24, 2.45) is 5.41 Å². The number of ether oxygens (including phenoxy) is 1. The molecule has 2 heterocycles. The Morgan fingerprint density at radius 3 is 2.28 bits per heavy atom. The second-order valence-corrected chi connectivity index (χ2v) is 14.6. The third-order valence-electron chi connectivity index (χ3n) is 10.4. The molecule has 1 aromatic heterocycles. The third kappa shape index (κ3) is 6.99. The molecule has 3 saturated carbocycles. The van der Waals surface area contributed by atoms with E-state index in [-0.39, 0.29) is 22.8 Å². The van der Waals surface area contributed by atoms with E-state index in [9.17, 15) is 14.3 Å². The maximum absolute atomic E-state index is 14.5. The Morgan fingerprint density at radius 1 is 1.00 bits per heavy atom. The van der Waals surface area contributed by atoms with Gasteiger partial charge in [0.15, 0.2) is 11.5 Å². The standard InChI is InChI=1S/C36H48FN5O4/c1-33(2,37)31-39-30(40-46-31)36-15-12-35(13-16-36,14-17-36)25-42(32(43)38-18-19-41-20-22-45-23-21-41)29-7-5-6-27(24-29)26-8-10-28(11-9-26)34(3,4)44/h5-11,24,44H,12-23,25H2,1-4H3,(H,38,43). The highest BCUT2D eigenvalue weighted by molar-refractivity contribution is 5.93. The van der Waals surface area contributed by atoms with Crippen LogP contribution in [0.4, 0.5) is 14.9 Å². The van der Waals surface area contributed by atoms with Gasteiger partial charge in [0.2, 0.25) is 0 Å². The molecule has 0 radical (unpaired) electrons. The molecule has 4 aliphatic rings. The van der Waals surface area contributed by atoms with Crippen molar-refractivity contribution in [3.8, 4) is 11.1 Å². The minimum absolute atomic E-state index is 0.0282. The Kier molecular flexibility index (Phi) is 8.99. The summed E-state index contributed by atoms with van der Waals surface area (Å²) in [5.41, 5.74) is 0.936. The topological polar surface area (TPSA) is 104 Å². The molecule has 10 heteroatoms. The fourth-order valence-electron chi connectivity index (χ4n) is 7.30. The number of nitrogens with one attached hydrogen (secondary N) is 1. The first-order valence-electron chi connectivity index (χ1n) is 16.7. The number of aromatic nitrogens is 2. The lowest BCUT2D eigenvalue weighted by Gasteiger charge is -2.53. The number of hydrogen-bond donors (Lipinski definition) is 2. The number of carbonyl (C=O) groups excluding carboxylic acids is 1. The molecule has 2 bridgehead atoms. The van der Waals surface area contributed by atoms with Crippen LogP contribution in [-0.4, -0.2) is 72.1 Å². The summed E-state index contributed by atoms with van der Waals surface area (Å²) in [6, 6.07) is 16.0. The summed E-state index contributed by atoms with van der Waals surface area (Å²) in [7, 11) is 0. The highest BCUT2D eigenvalue weighted by atomic mass is 19.1. The molecular weight excluding hydrogens is 585 g/mol. The predicted octanol–water partition coefficient (Wildman–Crippen LogP) is 6.31. The first kappa shape index (κ1) is 32.6. The summed E-state index contributed by atoms with van der Waals surface area (Å²) in [6.07, 6.45) is 5.47. The monoisotopic (exact) mass is 633 g/mol. The van der Waals surface area contributed by atoms with Crippen molar-refractivity contribution in [3.63, 3.8) is 0 Å². The molecule has 2 amide bonds. The number of morpholine rings is 1. The second-order valence-electron chi connectivity index (χ2n) is 14.6. The first-order chi connectivity index (χ1) is 21.9. The molecule has 0 spiro atoms. The van der Waals surface area contributed by atoms with Crippen LogP contribution in [0.2, 0.25) is 0 Å².